The predicted molar refractivity (Wildman–Crippen MR) is 62.5 cm³/mol. The summed E-state index contributed by atoms with van der Waals surface area (Å²) in [4.78, 5) is 2.47. The molecule has 1 heterocycles. The minimum Gasteiger partial charge on any atom is -0.616 e. The first-order valence-electron chi connectivity index (χ1n) is 5.89. The standard InChI is InChI=1S/C11H21NO2S/c1-2-14-10-11(3-4-11)9-12-5-7-15(13)8-6-12/h2-10H2,1H3. The van der Waals surface area contributed by atoms with Crippen LogP contribution >= 0.6 is 0 Å². The summed E-state index contributed by atoms with van der Waals surface area (Å²) in [5, 5.41) is 0. The monoisotopic (exact) mass is 231 g/mol. The van der Waals surface area contributed by atoms with Crippen LogP contribution in [0.3, 0.4) is 0 Å². The van der Waals surface area contributed by atoms with Crippen LogP contribution in [-0.4, -0.2) is 53.8 Å². The van der Waals surface area contributed by atoms with Crippen molar-refractivity contribution in [2.75, 3.05) is 44.4 Å². The fourth-order valence-electron chi connectivity index (χ4n) is 2.15. The Morgan fingerprint density at radius 1 is 1.33 bits per heavy atom. The van der Waals surface area contributed by atoms with Gasteiger partial charge in [0.25, 0.3) is 0 Å². The van der Waals surface area contributed by atoms with Crippen molar-refractivity contribution in [1.29, 1.82) is 0 Å². The summed E-state index contributed by atoms with van der Waals surface area (Å²) in [5.74, 6) is 1.73. The van der Waals surface area contributed by atoms with Gasteiger partial charge in [-0.2, -0.15) is 0 Å². The van der Waals surface area contributed by atoms with Crippen LogP contribution in [0.5, 0.6) is 0 Å². The normalized spacial score (nSPS) is 26.8. The second-order valence-electron chi connectivity index (χ2n) is 4.76. The van der Waals surface area contributed by atoms with E-state index in [0.29, 0.717) is 5.41 Å². The number of hydrogen-bond donors (Lipinski definition) is 0. The van der Waals surface area contributed by atoms with E-state index < -0.39 is 11.2 Å². The summed E-state index contributed by atoms with van der Waals surface area (Å²) in [6.07, 6.45) is 2.62. The Labute approximate surface area is 95.3 Å². The van der Waals surface area contributed by atoms with Gasteiger partial charge in [0.05, 0.1) is 6.61 Å². The lowest BCUT2D eigenvalue weighted by molar-refractivity contribution is 0.0802. The van der Waals surface area contributed by atoms with Crippen LogP contribution in [0.4, 0.5) is 0 Å². The van der Waals surface area contributed by atoms with E-state index in [2.05, 4.69) is 11.8 Å². The summed E-state index contributed by atoms with van der Waals surface area (Å²) in [6.45, 7) is 6.99. The summed E-state index contributed by atoms with van der Waals surface area (Å²) < 4.78 is 16.8. The molecule has 0 atom stereocenters. The zero-order valence-corrected chi connectivity index (χ0v) is 10.4. The van der Waals surface area contributed by atoms with Crippen molar-refractivity contribution >= 4 is 11.2 Å². The zero-order chi connectivity index (χ0) is 10.7. The van der Waals surface area contributed by atoms with E-state index in [1.807, 2.05) is 0 Å². The van der Waals surface area contributed by atoms with E-state index in [4.69, 9.17) is 4.74 Å². The highest BCUT2D eigenvalue weighted by Crippen LogP contribution is 2.46. The first kappa shape index (κ1) is 11.7. The van der Waals surface area contributed by atoms with Crippen LogP contribution < -0.4 is 0 Å². The Morgan fingerprint density at radius 2 is 2.00 bits per heavy atom. The zero-order valence-electron chi connectivity index (χ0n) is 9.54. The topological polar surface area (TPSA) is 35.5 Å². The van der Waals surface area contributed by atoms with E-state index in [-0.39, 0.29) is 0 Å². The molecule has 2 rings (SSSR count). The molecule has 88 valence electrons. The van der Waals surface area contributed by atoms with Crippen molar-refractivity contribution in [3.63, 3.8) is 0 Å². The third kappa shape index (κ3) is 3.34. The summed E-state index contributed by atoms with van der Waals surface area (Å²) in [5.41, 5.74) is 0.453. The SMILES string of the molecule is CCOCC1(CN2CC[S+]([O-])CC2)CC1. The summed E-state index contributed by atoms with van der Waals surface area (Å²) >= 11 is -0.547. The summed E-state index contributed by atoms with van der Waals surface area (Å²) in [6, 6.07) is 0. The number of hydrogen-bond acceptors (Lipinski definition) is 3. The van der Waals surface area contributed by atoms with Gasteiger partial charge in [0.2, 0.25) is 0 Å². The Bertz CT molecular complexity index is 201. The van der Waals surface area contributed by atoms with Gasteiger partial charge in [0.15, 0.2) is 0 Å². The minimum atomic E-state index is -0.547. The number of rotatable bonds is 5. The molecule has 2 aliphatic rings. The highest BCUT2D eigenvalue weighted by molar-refractivity contribution is 7.91. The highest BCUT2D eigenvalue weighted by Gasteiger charge is 2.44. The van der Waals surface area contributed by atoms with Gasteiger partial charge in [-0.15, -0.1) is 0 Å². The first-order valence-corrected chi connectivity index (χ1v) is 7.38. The third-order valence-electron chi connectivity index (χ3n) is 3.40. The Kier molecular flexibility index (Phi) is 3.93. The summed E-state index contributed by atoms with van der Waals surface area (Å²) in [7, 11) is 0. The van der Waals surface area contributed by atoms with E-state index >= 15 is 0 Å². The van der Waals surface area contributed by atoms with Crippen molar-refractivity contribution in [3.05, 3.63) is 0 Å². The van der Waals surface area contributed by atoms with Crippen molar-refractivity contribution < 1.29 is 9.29 Å². The predicted octanol–water partition coefficient (Wildman–Crippen LogP) is 0.867. The smallest absolute Gasteiger partial charge is 0.118 e. The van der Waals surface area contributed by atoms with Crippen LogP contribution in [0, 0.1) is 5.41 Å². The molecule has 2 fully saturated rings. The Balaban J connectivity index is 1.72. The van der Waals surface area contributed by atoms with Gasteiger partial charge < -0.3 is 9.29 Å². The molecule has 0 bridgehead atoms. The third-order valence-corrected chi connectivity index (χ3v) is 4.67. The van der Waals surface area contributed by atoms with Gasteiger partial charge in [0.1, 0.15) is 11.5 Å². The van der Waals surface area contributed by atoms with Gasteiger partial charge in [-0.25, -0.2) is 0 Å². The van der Waals surface area contributed by atoms with Gasteiger partial charge in [-0.1, -0.05) is 11.2 Å². The quantitative estimate of drug-likeness (QED) is 0.659. The molecule has 0 unspecified atom stereocenters. The minimum absolute atomic E-state index is 0.453. The molecule has 1 saturated heterocycles. The van der Waals surface area contributed by atoms with Gasteiger partial charge in [0, 0.05) is 31.7 Å². The van der Waals surface area contributed by atoms with E-state index in [9.17, 15) is 4.55 Å². The molecule has 0 aromatic carbocycles. The Morgan fingerprint density at radius 3 is 2.53 bits per heavy atom. The fraction of sp³-hybridized carbons (Fsp3) is 1.00. The maximum absolute atomic E-state index is 11.2. The molecule has 0 N–H and O–H groups in total. The van der Waals surface area contributed by atoms with Gasteiger partial charge >= 0.3 is 0 Å². The molecular weight excluding hydrogens is 210 g/mol. The maximum Gasteiger partial charge on any atom is 0.118 e. The number of nitrogens with zero attached hydrogens (tertiary/aromatic N) is 1. The lowest BCUT2D eigenvalue weighted by atomic mass is 10.1. The van der Waals surface area contributed by atoms with Crippen LogP contribution in [0.1, 0.15) is 19.8 Å². The largest absolute Gasteiger partial charge is 0.616 e. The van der Waals surface area contributed by atoms with Crippen molar-refractivity contribution in [1.82, 2.24) is 4.90 Å². The molecule has 0 aromatic heterocycles. The fourth-order valence-corrected chi connectivity index (χ4v) is 3.28. The molecule has 4 heteroatoms. The number of ether oxygens (including phenoxy) is 1. The molecule has 0 amide bonds. The van der Waals surface area contributed by atoms with Crippen molar-refractivity contribution in [3.8, 4) is 0 Å². The molecule has 0 aromatic rings. The molecule has 15 heavy (non-hydrogen) atoms. The second-order valence-corrected chi connectivity index (χ2v) is 6.46. The maximum atomic E-state index is 11.2. The van der Waals surface area contributed by atoms with Crippen LogP contribution in [-0.2, 0) is 15.9 Å². The Hall–Kier alpha value is 0.230. The molecule has 1 aliphatic carbocycles. The van der Waals surface area contributed by atoms with Gasteiger partial charge in [-0.05, 0) is 19.8 Å². The second kappa shape index (κ2) is 5.04. The highest BCUT2D eigenvalue weighted by atomic mass is 32.2. The molecule has 3 nitrogen and oxygen atoms in total. The van der Waals surface area contributed by atoms with E-state index in [1.54, 1.807) is 0 Å². The van der Waals surface area contributed by atoms with Gasteiger partial charge in [-0.3, -0.25) is 4.90 Å². The van der Waals surface area contributed by atoms with Crippen molar-refractivity contribution in [2.24, 2.45) is 5.41 Å². The molecule has 1 saturated carbocycles. The molecule has 1 aliphatic heterocycles. The molecule has 0 radical (unpaired) electrons. The lowest BCUT2D eigenvalue weighted by Crippen LogP contribution is -2.43. The van der Waals surface area contributed by atoms with Crippen LogP contribution in [0.2, 0.25) is 0 Å². The average molecular weight is 231 g/mol. The van der Waals surface area contributed by atoms with E-state index in [1.165, 1.54) is 12.8 Å². The molecule has 0 spiro atoms. The van der Waals surface area contributed by atoms with Crippen molar-refractivity contribution in [2.45, 2.75) is 19.8 Å². The van der Waals surface area contributed by atoms with E-state index in [0.717, 1.165) is 44.4 Å². The van der Waals surface area contributed by atoms with Crippen LogP contribution in [0.15, 0.2) is 0 Å². The van der Waals surface area contributed by atoms with Crippen LogP contribution in [0.25, 0.3) is 0 Å². The first-order chi connectivity index (χ1) is 7.24. The molecular formula is C11H21NO2S. The average Bonchev–Trinajstić information content (AvgIpc) is 3.00. The lowest BCUT2D eigenvalue weighted by Gasteiger charge is -2.31.